The van der Waals surface area contributed by atoms with Gasteiger partial charge in [-0.05, 0) is 28.7 Å². The van der Waals surface area contributed by atoms with Crippen molar-refractivity contribution < 1.29 is 4.92 Å². The van der Waals surface area contributed by atoms with Gasteiger partial charge in [0.15, 0.2) is 0 Å². The van der Waals surface area contributed by atoms with Gasteiger partial charge in [0.25, 0.3) is 5.69 Å². The lowest BCUT2D eigenvalue weighted by atomic mass is 10.2. The Balaban J connectivity index is 2.97. The number of hydrogen-bond acceptors (Lipinski definition) is 4. The summed E-state index contributed by atoms with van der Waals surface area (Å²) in [6.45, 7) is 1.29. The van der Waals surface area contributed by atoms with E-state index in [4.69, 9.17) is 5.73 Å². The summed E-state index contributed by atoms with van der Waals surface area (Å²) in [5.74, 6) is 0. The SMILES string of the molecule is CN(CCN)c1ccc([N+](=O)[O-])cc1I. The third kappa shape index (κ3) is 3.03. The average Bonchev–Trinajstić information content (AvgIpc) is 2.17. The first-order chi connectivity index (χ1) is 7.06. The first-order valence-corrected chi connectivity index (χ1v) is 5.49. The van der Waals surface area contributed by atoms with Crippen molar-refractivity contribution in [1.82, 2.24) is 0 Å². The second kappa shape index (κ2) is 5.26. The quantitative estimate of drug-likeness (QED) is 0.519. The summed E-state index contributed by atoms with van der Waals surface area (Å²) in [7, 11) is 1.91. The van der Waals surface area contributed by atoms with Crippen LogP contribution in [0.4, 0.5) is 11.4 Å². The van der Waals surface area contributed by atoms with Gasteiger partial charge in [-0.2, -0.15) is 0 Å². The maximum atomic E-state index is 10.5. The van der Waals surface area contributed by atoms with E-state index < -0.39 is 4.92 Å². The number of hydrogen-bond donors (Lipinski definition) is 1. The van der Waals surface area contributed by atoms with Crippen molar-refractivity contribution in [2.45, 2.75) is 0 Å². The van der Waals surface area contributed by atoms with E-state index in [1.165, 1.54) is 6.07 Å². The third-order valence-electron chi connectivity index (χ3n) is 2.02. The van der Waals surface area contributed by atoms with E-state index in [-0.39, 0.29) is 5.69 Å². The summed E-state index contributed by atoms with van der Waals surface area (Å²) >= 11 is 2.09. The van der Waals surface area contributed by atoms with Crippen LogP contribution in [0.25, 0.3) is 0 Å². The molecule has 1 aromatic rings. The minimum atomic E-state index is -0.394. The number of rotatable bonds is 4. The molecule has 5 nitrogen and oxygen atoms in total. The molecule has 0 radical (unpaired) electrons. The lowest BCUT2D eigenvalue weighted by Gasteiger charge is -2.19. The number of nitro groups is 1. The predicted molar refractivity (Wildman–Crippen MR) is 68.1 cm³/mol. The molecule has 0 bridgehead atoms. The molecule has 82 valence electrons. The Morgan fingerprint density at radius 2 is 2.27 bits per heavy atom. The molecule has 6 heteroatoms. The molecule has 0 amide bonds. The molecule has 1 aromatic carbocycles. The number of nitrogens with zero attached hydrogens (tertiary/aromatic N) is 2. The zero-order valence-electron chi connectivity index (χ0n) is 8.31. The third-order valence-corrected chi connectivity index (χ3v) is 2.88. The van der Waals surface area contributed by atoms with Crippen molar-refractivity contribution in [2.24, 2.45) is 5.73 Å². The maximum absolute atomic E-state index is 10.5. The number of likely N-dealkylation sites (N-methyl/N-ethyl adjacent to an activating group) is 1. The molecule has 0 aliphatic carbocycles. The molecule has 0 saturated carbocycles. The highest BCUT2D eigenvalue weighted by atomic mass is 127. The van der Waals surface area contributed by atoms with Crippen molar-refractivity contribution in [3.8, 4) is 0 Å². The molecule has 0 aliphatic rings. The molecule has 1 rings (SSSR count). The van der Waals surface area contributed by atoms with Crippen molar-refractivity contribution in [3.63, 3.8) is 0 Å². The zero-order chi connectivity index (χ0) is 11.4. The van der Waals surface area contributed by atoms with Gasteiger partial charge in [-0.3, -0.25) is 10.1 Å². The van der Waals surface area contributed by atoms with Crippen LogP contribution in [0.2, 0.25) is 0 Å². The number of nitrogens with two attached hydrogens (primary N) is 1. The number of non-ortho nitro benzene ring substituents is 1. The predicted octanol–water partition coefficient (Wildman–Crippen LogP) is 1.59. The minimum Gasteiger partial charge on any atom is -0.372 e. The van der Waals surface area contributed by atoms with Crippen LogP contribution in [0.3, 0.4) is 0 Å². The largest absolute Gasteiger partial charge is 0.372 e. The summed E-state index contributed by atoms with van der Waals surface area (Å²) in [6.07, 6.45) is 0. The normalized spacial score (nSPS) is 10.1. The molecule has 0 heterocycles. The minimum absolute atomic E-state index is 0.115. The summed E-state index contributed by atoms with van der Waals surface area (Å²) in [5.41, 5.74) is 6.52. The van der Waals surface area contributed by atoms with Crippen LogP contribution < -0.4 is 10.6 Å². The van der Waals surface area contributed by atoms with Crippen LogP contribution in [0, 0.1) is 13.7 Å². The van der Waals surface area contributed by atoms with Gasteiger partial charge in [0.1, 0.15) is 0 Å². The van der Waals surface area contributed by atoms with Crippen molar-refractivity contribution in [1.29, 1.82) is 0 Å². The van der Waals surface area contributed by atoms with Crippen molar-refractivity contribution in [2.75, 3.05) is 25.0 Å². The van der Waals surface area contributed by atoms with Gasteiger partial charge in [-0.25, -0.2) is 0 Å². The number of halogens is 1. The van der Waals surface area contributed by atoms with Crippen LogP contribution in [-0.4, -0.2) is 25.1 Å². The van der Waals surface area contributed by atoms with Crippen LogP contribution in [0.5, 0.6) is 0 Å². The van der Waals surface area contributed by atoms with Crippen LogP contribution in [0.1, 0.15) is 0 Å². The number of nitro benzene ring substituents is 1. The Kier molecular flexibility index (Phi) is 4.28. The van der Waals surface area contributed by atoms with E-state index in [2.05, 4.69) is 22.6 Å². The van der Waals surface area contributed by atoms with Gasteiger partial charge in [0.2, 0.25) is 0 Å². The van der Waals surface area contributed by atoms with Crippen LogP contribution >= 0.6 is 22.6 Å². The van der Waals surface area contributed by atoms with Crippen molar-refractivity contribution in [3.05, 3.63) is 31.9 Å². The highest BCUT2D eigenvalue weighted by Gasteiger charge is 2.10. The Bertz CT molecular complexity index is 370. The first kappa shape index (κ1) is 12.2. The molecule has 0 fully saturated rings. The van der Waals surface area contributed by atoms with Gasteiger partial charge in [0.05, 0.1) is 10.6 Å². The van der Waals surface area contributed by atoms with E-state index >= 15 is 0 Å². The monoisotopic (exact) mass is 321 g/mol. The molecule has 0 saturated heterocycles. The molecular weight excluding hydrogens is 309 g/mol. The summed E-state index contributed by atoms with van der Waals surface area (Å²) in [4.78, 5) is 12.1. The van der Waals surface area contributed by atoms with Crippen molar-refractivity contribution >= 4 is 34.0 Å². The van der Waals surface area contributed by atoms with E-state index in [1.54, 1.807) is 12.1 Å². The second-order valence-corrected chi connectivity index (χ2v) is 4.27. The standard InChI is InChI=1S/C9H12IN3O2/c1-12(5-4-11)9-3-2-7(13(14)15)6-8(9)10/h2-3,6H,4-5,11H2,1H3. The van der Waals surface area contributed by atoms with Gasteiger partial charge < -0.3 is 10.6 Å². The topological polar surface area (TPSA) is 72.4 Å². The fraction of sp³-hybridized carbons (Fsp3) is 0.333. The number of anilines is 1. The lowest BCUT2D eigenvalue weighted by Crippen LogP contribution is -2.25. The Morgan fingerprint density at radius 1 is 1.60 bits per heavy atom. The summed E-state index contributed by atoms with van der Waals surface area (Å²) < 4.78 is 0.859. The second-order valence-electron chi connectivity index (χ2n) is 3.10. The molecule has 2 N–H and O–H groups in total. The summed E-state index contributed by atoms with van der Waals surface area (Å²) in [6, 6.07) is 4.81. The molecule has 0 unspecified atom stereocenters. The van der Waals surface area contributed by atoms with E-state index in [1.807, 2.05) is 11.9 Å². The van der Waals surface area contributed by atoms with Gasteiger partial charge in [-0.15, -0.1) is 0 Å². The molecule has 0 atom stereocenters. The Morgan fingerprint density at radius 3 is 2.73 bits per heavy atom. The maximum Gasteiger partial charge on any atom is 0.270 e. The smallest absolute Gasteiger partial charge is 0.270 e. The highest BCUT2D eigenvalue weighted by molar-refractivity contribution is 14.1. The zero-order valence-corrected chi connectivity index (χ0v) is 10.5. The van der Waals surface area contributed by atoms with Crippen LogP contribution in [-0.2, 0) is 0 Å². The van der Waals surface area contributed by atoms with Gasteiger partial charge >= 0.3 is 0 Å². The summed E-state index contributed by atoms with van der Waals surface area (Å²) in [5, 5.41) is 10.5. The van der Waals surface area contributed by atoms with E-state index in [0.29, 0.717) is 6.54 Å². The Labute approximate surface area is 102 Å². The van der Waals surface area contributed by atoms with Gasteiger partial charge in [0, 0.05) is 35.8 Å². The lowest BCUT2D eigenvalue weighted by molar-refractivity contribution is -0.384. The average molecular weight is 321 g/mol. The van der Waals surface area contributed by atoms with Crippen LogP contribution in [0.15, 0.2) is 18.2 Å². The van der Waals surface area contributed by atoms with E-state index in [0.717, 1.165) is 15.8 Å². The first-order valence-electron chi connectivity index (χ1n) is 4.41. The molecule has 0 aliphatic heterocycles. The molecule has 0 aromatic heterocycles. The fourth-order valence-electron chi connectivity index (χ4n) is 1.23. The fourth-order valence-corrected chi connectivity index (χ4v) is 2.14. The Hall–Kier alpha value is -0.890. The number of benzene rings is 1. The van der Waals surface area contributed by atoms with Gasteiger partial charge in [-0.1, -0.05) is 0 Å². The van der Waals surface area contributed by atoms with E-state index in [9.17, 15) is 10.1 Å². The molecule has 0 spiro atoms. The molecule has 15 heavy (non-hydrogen) atoms. The molecular formula is C9H12IN3O2. The highest BCUT2D eigenvalue weighted by Crippen LogP contribution is 2.25.